The van der Waals surface area contributed by atoms with Crippen molar-refractivity contribution in [1.29, 1.82) is 0 Å². The second-order valence-electron chi connectivity index (χ2n) is 4.94. The van der Waals surface area contributed by atoms with Gasteiger partial charge in [0.15, 0.2) is 0 Å². The summed E-state index contributed by atoms with van der Waals surface area (Å²) in [6, 6.07) is -1.00. The van der Waals surface area contributed by atoms with E-state index in [1.54, 1.807) is 0 Å². The summed E-state index contributed by atoms with van der Waals surface area (Å²) >= 11 is 0. The van der Waals surface area contributed by atoms with E-state index < -0.39 is 30.6 Å². The van der Waals surface area contributed by atoms with Gasteiger partial charge in [-0.2, -0.15) is 13.2 Å². The molecule has 0 bridgehead atoms. The van der Waals surface area contributed by atoms with Gasteiger partial charge in [0.1, 0.15) is 6.54 Å². The lowest BCUT2D eigenvalue weighted by Crippen LogP contribution is -2.48. The van der Waals surface area contributed by atoms with Crippen molar-refractivity contribution in [3.63, 3.8) is 0 Å². The Labute approximate surface area is 116 Å². The molecule has 0 aliphatic rings. The number of alkyl halides is 3. The number of esters is 1. The van der Waals surface area contributed by atoms with E-state index in [0.717, 1.165) is 7.11 Å². The molecule has 0 aromatic heterocycles. The molecule has 1 amide bonds. The van der Waals surface area contributed by atoms with Gasteiger partial charge in [0.2, 0.25) is 5.91 Å². The summed E-state index contributed by atoms with van der Waals surface area (Å²) in [7, 11) is 1.13. The van der Waals surface area contributed by atoms with Crippen molar-refractivity contribution in [1.82, 2.24) is 4.90 Å². The van der Waals surface area contributed by atoms with E-state index in [9.17, 15) is 22.8 Å². The Morgan fingerprint density at radius 2 is 1.85 bits per heavy atom. The van der Waals surface area contributed by atoms with Gasteiger partial charge in [-0.3, -0.25) is 9.59 Å². The Bertz CT molecular complexity index is 332. The van der Waals surface area contributed by atoms with Crippen LogP contribution in [0.5, 0.6) is 0 Å². The zero-order valence-corrected chi connectivity index (χ0v) is 11.9. The fourth-order valence-electron chi connectivity index (χ4n) is 1.66. The fraction of sp³-hybridized carbons (Fsp3) is 0.833. The quantitative estimate of drug-likeness (QED) is 0.719. The molecule has 0 aromatic carbocycles. The molecule has 0 fully saturated rings. The molecule has 1 atom stereocenters. The number of methoxy groups -OCH3 is 1. The Kier molecular flexibility index (Phi) is 7.55. The maximum atomic E-state index is 12.4. The predicted octanol–water partition coefficient (Wildman–Crippen LogP) is 1.31. The molecule has 2 N–H and O–H groups in total. The number of hydrogen-bond donors (Lipinski definition) is 1. The van der Waals surface area contributed by atoms with Crippen LogP contribution in [0.1, 0.15) is 26.7 Å². The van der Waals surface area contributed by atoms with Gasteiger partial charge in [0.25, 0.3) is 0 Å². The van der Waals surface area contributed by atoms with Crippen LogP contribution in [0.3, 0.4) is 0 Å². The second-order valence-corrected chi connectivity index (χ2v) is 4.94. The Hall–Kier alpha value is -1.31. The average Bonchev–Trinajstić information content (AvgIpc) is 2.30. The zero-order chi connectivity index (χ0) is 15.9. The minimum absolute atomic E-state index is 0.0855. The largest absolute Gasteiger partial charge is 0.469 e. The van der Waals surface area contributed by atoms with Crippen LogP contribution in [0.2, 0.25) is 0 Å². The number of nitrogens with two attached hydrogens (primary N) is 1. The van der Waals surface area contributed by atoms with E-state index in [4.69, 9.17) is 5.73 Å². The summed E-state index contributed by atoms with van der Waals surface area (Å²) in [6.45, 7) is 1.84. The van der Waals surface area contributed by atoms with E-state index in [0.29, 0.717) is 4.90 Å². The van der Waals surface area contributed by atoms with Gasteiger partial charge < -0.3 is 15.4 Å². The summed E-state index contributed by atoms with van der Waals surface area (Å²) in [5, 5.41) is 0. The Morgan fingerprint density at radius 1 is 1.30 bits per heavy atom. The molecule has 1 unspecified atom stereocenters. The molecule has 0 aliphatic carbocycles. The summed E-state index contributed by atoms with van der Waals surface area (Å²) < 4.78 is 41.7. The second kappa shape index (κ2) is 8.08. The lowest BCUT2D eigenvalue weighted by atomic mass is 10.0. The van der Waals surface area contributed by atoms with Gasteiger partial charge in [0.05, 0.1) is 19.6 Å². The maximum absolute atomic E-state index is 12.4. The summed E-state index contributed by atoms with van der Waals surface area (Å²) in [5.41, 5.74) is 5.60. The topological polar surface area (TPSA) is 72.6 Å². The highest BCUT2D eigenvalue weighted by Gasteiger charge is 2.34. The number of carbonyl (C=O) groups excluding carboxylic acids is 2. The van der Waals surface area contributed by atoms with Crippen LogP contribution in [-0.2, 0) is 14.3 Å². The van der Waals surface area contributed by atoms with Gasteiger partial charge in [-0.15, -0.1) is 0 Å². The summed E-state index contributed by atoms with van der Waals surface area (Å²) in [5.74, 6) is -1.40. The molecular formula is C12H21F3N2O3. The van der Waals surface area contributed by atoms with Crippen LogP contribution in [-0.4, -0.2) is 49.2 Å². The van der Waals surface area contributed by atoms with Gasteiger partial charge in [-0.05, 0) is 12.3 Å². The third kappa shape index (κ3) is 7.98. The lowest BCUT2D eigenvalue weighted by Gasteiger charge is -2.27. The van der Waals surface area contributed by atoms with Crippen molar-refractivity contribution >= 4 is 11.9 Å². The maximum Gasteiger partial charge on any atom is 0.406 e. The number of ether oxygens (including phenoxy) is 1. The molecule has 0 rings (SSSR count). The fourth-order valence-corrected chi connectivity index (χ4v) is 1.66. The molecular weight excluding hydrogens is 277 g/mol. The van der Waals surface area contributed by atoms with Crippen LogP contribution in [0, 0.1) is 5.92 Å². The molecule has 0 saturated heterocycles. The highest BCUT2D eigenvalue weighted by atomic mass is 19.4. The highest BCUT2D eigenvalue weighted by molar-refractivity contribution is 5.82. The molecule has 0 radical (unpaired) electrons. The Morgan fingerprint density at radius 3 is 2.25 bits per heavy atom. The SMILES string of the molecule is COC(=O)CCN(CC(F)(F)F)C(=O)C(N)CC(C)C. The highest BCUT2D eigenvalue weighted by Crippen LogP contribution is 2.18. The molecule has 0 aromatic rings. The summed E-state index contributed by atoms with van der Waals surface area (Å²) in [6.07, 6.45) is -4.55. The number of amides is 1. The first-order valence-corrected chi connectivity index (χ1v) is 6.24. The molecule has 118 valence electrons. The van der Waals surface area contributed by atoms with Crippen LogP contribution in [0.15, 0.2) is 0 Å². The van der Waals surface area contributed by atoms with Crippen molar-refractivity contribution < 1.29 is 27.5 Å². The third-order valence-corrected chi connectivity index (χ3v) is 2.54. The normalized spacial score (nSPS) is 13.2. The first-order valence-electron chi connectivity index (χ1n) is 6.24. The van der Waals surface area contributed by atoms with Crippen molar-refractivity contribution in [2.24, 2.45) is 11.7 Å². The summed E-state index contributed by atoms with van der Waals surface area (Å²) in [4.78, 5) is 23.4. The number of carbonyl (C=O) groups is 2. The van der Waals surface area contributed by atoms with Crippen molar-refractivity contribution in [2.45, 2.75) is 38.9 Å². The molecule has 20 heavy (non-hydrogen) atoms. The molecule has 0 aliphatic heterocycles. The zero-order valence-electron chi connectivity index (χ0n) is 11.9. The van der Waals surface area contributed by atoms with Crippen LogP contribution in [0.25, 0.3) is 0 Å². The van der Waals surface area contributed by atoms with Crippen LogP contribution >= 0.6 is 0 Å². The number of rotatable bonds is 7. The Balaban J connectivity index is 4.73. The number of halogens is 3. The van der Waals surface area contributed by atoms with E-state index in [-0.39, 0.29) is 25.3 Å². The van der Waals surface area contributed by atoms with Crippen LogP contribution in [0.4, 0.5) is 13.2 Å². The third-order valence-electron chi connectivity index (χ3n) is 2.54. The van der Waals surface area contributed by atoms with E-state index in [1.165, 1.54) is 0 Å². The minimum Gasteiger partial charge on any atom is -0.469 e. The minimum atomic E-state index is -4.54. The van der Waals surface area contributed by atoms with Crippen molar-refractivity contribution in [3.8, 4) is 0 Å². The number of nitrogens with zero attached hydrogens (tertiary/aromatic N) is 1. The van der Waals surface area contributed by atoms with E-state index in [1.807, 2.05) is 13.8 Å². The van der Waals surface area contributed by atoms with Gasteiger partial charge in [-0.25, -0.2) is 0 Å². The monoisotopic (exact) mass is 298 g/mol. The lowest BCUT2D eigenvalue weighted by molar-refractivity contribution is -0.163. The van der Waals surface area contributed by atoms with E-state index >= 15 is 0 Å². The average molecular weight is 298 g/mol. The van der Waals surface area contributed by atoms with Gasteiger partial charge >= 0.3 is 12.1 Å². The standard InChI is InChI=1S/C12H21F3N2O3/c1-8(2)6-9(16)11(19)17(7-12(13,14)15)5-4-10(18)20-3/h8-9H,4-7,16H2,1-3H3. The smallest absolute Gasteiger partial charge is 0.406 e. The van der Waals surface area contributed by atoms with Crippen molar-refractivity contribution in [2.75, 3.05) is 20.2 Å². The molecule has 0 spiro atoms. The molecule has 0 saturated carbocycles. The first kappa shape index (κ1) is 18.7. The first-order chi connectivity index (χ1) is 9.06. The number of hydrogen-bond acceptors (Lipinski definition) is 4. The van der Waals surface area contributed by atoms with Gasteiger partial charge in [0, 0.05) is 6.54 Å². The predicted molar refractivity (Wildman–Crippen MR) is 66.7 cm³/mol. The molecule has 8 heteroatoms. The molecule has 0 heterocycles. The van der Waals surface area contributed by atoms with Crippen molar-refractivity contribution in [3.05, 3.63) is 0 Å². The van der Waals surface area contributed by atoms with Crippen LogP contribution < -0.4 is 5.73 Å². The van der Waals surface area contributed by atoms with E-state index in [2.05, 4.69) is 4.74 Å². The molecule has 5 nitrogen and oxygen atoms in total. The van der Waals surface area contributed by atoms with Gasteiger partial charge in [-0.1, -0.05) is 13.8 Å².